The molecule has 0 fully saturated rings. The Labute approximate surface area is 114 Å². The zero-order valence-corrected chi connectivity index (χ0v) is 11.8. The van der Waals surface area contributed by atoms with Crippen LogP contribution in [0.5, 0.6) is 5.75 Å². The number of benzene rings is 1. The Hall–Kier alpha value is -1.04. The summed E-state index contributed by atoms with van der Waals surface area (Å²) in [6.07, 6.45) is 1.03. The summed E-state index contributed by atoms with van der Waals surface area (Å²) in [6, 6.07) is 9.20. The molecule has 0 amide bonds. The van der Waals surface area contributed by atoms with Gasteiger partial charge in [0.1, 0.15) is 5.75 Å². The molecule has 0 spiro atoms. The number of hydrogen-bond donors (Lipinski definition) is 0. The Bertz CT molecular complexity index is 577. The van der Waals surface area contributed by atoms with Gasteiger partial charge in [-0.05, 0) is 24.6 Å². The summed E-state index contributed by atoms with van der Waals surface area (Å²) >= 11 is 2.33. The van der Waals surface area contributed by atoms with Crippen LogP contribution in [0.15, 0.2) is 35.1 Å². The van der Waals surface area contributed by atoms with Gasteiger partial charge in [0.2, 0.25) is 0 Å². The van der Waals surface area contributed by atoms with Crippen LogP contribution in [-0.2, 0) is 7.05 Å². The van der Waals surface area contributed by atoms with Gasteiger partial charge in [0, 0.05) is 22.9 Å². The van der Waals surface area contributed by atoms with Crippen molar-refractivity contribution in [3.63, 3.8) is 0 Å². The predicted octanol–water partition coefficient (Wildman–Crippen LogP) is 2.74. The first-order valence-corrected chi connectivity index (χ1v) is 7.04. The highest BCUT2D eigenvalue weighted by Crippen LogP contribution is 2.23. The second-order valence-corrected chi connectivity index (χ2v) is 4.89. The van der Waals surface area contributed by atoms with Gasteiger partial charge in [-0.1, -0.05) is 28.7 Å². The largest absolute Gasteiger partial charge is 0.493 e. The number of nitrogens with zero attached hydrogens (tertiary/aromatic N) is 1. The van der Waals surface area contributed by atoms with Crippen molar-refractivity contribution in [2.24, 2.45) is 7.05 Å². The van der Waals surface area contributed by atoms with Crippen molar-refractivity contribution >= 4 is 33.5 Å². The van der Waals surface area contributed by atoms with Crippen molar-refractivity contribution in [1.29, 1.82) is 0 Å². The van der Waals surface area contributed by atoms with Gasteiger partial charge in [0.05, 0.1) is 12.1 Å². The fourth-order valence-electron chi connectivity index (χ4n) is 1.74. The first-order chi connectivity index (χ1) is 8.24. The quantitative estimate of drug-likeness (QED) is 0.486. The summed E-state index contributed by atoms with van der Waals surface area (Å²) in [5.41, 5.74) is 0.909. The number of halogens is 1. The van der Waals surface area contributed by atoms with Gasteiger partial charge in [-0.25, -0.2) is 0 Å². The highest BCUT2D eigenvalue weighted by molar-refractivity contribution is 14.1. The van der Waals surface area contributed by atoms with Crippen LogP contribution >= 0.6 is 22.6 Å². The molecule has 90 valence electrons. The Morgan fingerprint density at radius 3 is 2.88 bits per heavy atom. The van der Waals surface area contributed by atoms with Crippen molar-refractivity contribution in [2.75, 3.05) is 11.0 Å². The number of ether oxygens (including phenoxy) is 1. The van der Waals surface area contributed by atoms with Crippen molar-refractivity contribution in [1.82, 2.24) is 4.57 Å². The average molecular weight is 343 g/mol. The molecule has 1 heterocycles. The van der Waals surface area contributed by atoms with Gasteiger partial charge in [0.25, 0.3) is 5.56 Å². The third-order valence-electron chi connectivity index (χ3n) is 2.66. The fraction of sp³-hybridized carbons (Fsp3) is 0.308. The molecular weight excluding hydrogens is 329 g/mol. The molecule has 0 unspecified atom stereocenters. The van der Waals surface area contributed by atoms with Crippen molar-refractivity contribution < 1.29 is 4.74 Å². The van der Waals surface area contributed by atoms with Crippen LogP contribution in [0.1, 0.15) is 6.42 Å². The van der Waals surface area contributed by atoms with Gasteiger partial charge in [-0.15, -0.1) is 0 Å². The molecule has 0 saturated carbocycles. The summed E-state index contributed by atoms with van der Waals surface area (Å²) in [4.78, 5) is 11.5. The Balaban J connectivity index is 2.44. The Morgan fingerprint density at radius 1 is 1.29 bits per heavy atom. The maximum atomic E-state index is 11.5. The second-order valence-electron chi connectivity index (χ2n) is 3.81. The van der Waals surface area contributed by atoms with E-state index in [9.17, 15) is 4.79 Å². The van der Waals surface area contributed by atoms with E-state index in [1.54, 1.807) is 17.7 Å². The second kappa shape index (κ2) is 5.53. The van der Waals surface area contributed by atoms with Crippen LogP contribution in [0.2, 0.25) is 0 Å². The van der Waals surface area contributed by atoms with Gasteiger partial charge in [0.15, 0.2) is 0 Å². The molecule has 2 aromatic rings. The fourth-order valence-corrected chi connectivity index (χ4v) is 2.05. The van der Waals surface area contributed by atoms with Crippen molar-refractivity contribution in [3.8, 4) is 5.75 Å². The summed E-state index contributed by atoms with van der Waals surface area (Å²) in [5, 5.41) is 0.989. The molecule has 0 aliphatic heterocycles. The number of rotatable bonds is 4. The zero-order chi connectivity index (χ0) is 12.3. The average Bonchev–Trinajstić information content (AvgIpc) is 2.35. The molecule has 0 radical (unpaired) electrons. The van der Waals surface area contributed by atoms with Gasteiger partial charge >= 0.3 is 0 Å². The van der Waals surface area contributed by atoms with E-state index in [2.05, 4.69) is 22.6 Å². The number of alkyl halides is 1. The molecule has 0 saturated heterocycles. The van der Waals surface area contributed by atoms with Crippen LogP contribution in [0.3, 0.4) is 0 Å². The molecule has 0 aliphatic rings. The van der Waals surface area contributed by atoms with Gasteiger partial charge < -0.3 is 9.30 Å². The van der Waals surface area contributed by atoms with Crippen molar-refractivity contribution in [2.45, 2.75) is 6.42 Å². The van der Waals surface area contributed by atoms with E-state index in [0.717, 1.165) is 27.5 Å². The first-order valence-electron chi connectivity index (χ1n) is 5.51. The molecule has 0 aliphatic carbocycles. The van der Waals surface area contributed by atoms with Crippen LogP contribution in [0, 0.1) is 0 Å². The summed E-state index contributed by atoms with van der Waals surface area (Å²) in [7, 11) is 1.78. The van der Waals surface area contributed by atoms with E-state index in [1.165, 1.54) is 0 Å². The maximum absolute atomic E-state index is 11.5. The Morgan fingerprint density at radius 2 is 2.12 bits per heavy atom. The van der Waals surface area contributed by atoms with E-state index in [4.69, 9.17) is 4.74 Å². The van der Waals surface area contributed by atoms with E-state index in [0.29, 0.717) is 6.61 Å². The molecule has 17 heavy (non-hydrogen) atoms. The lowest BCUT2D eigenvalue weighted by Gasteiger charge is -2.10. The molecule has 0 N–H and O–H groups in total. The summed E-state index contributed by atoms with van der Waals surface area (Å²) in [5.74, 6) is 0.850. The van der Waals surface area contributed by atoms with Gasteiger partial charge in [-0.2, -0.15) is 0 Å². The number of pyridine rings is 1. The smallest absolute Gasteiger partial charge is 0.250 e. The molecule has 2 rings (SSSR count). The lowest BCUT2D eigenvalue weighted by atomic mass is 10.2. The topological polar surface area (TPSA) is 31.2 Å². The molecule has 1 aromatic carbocycles. The number of hydrogen-bond acceptors (Lipinski definition) is 2. The summed E-state index contributed by atoms with van der Waals surface area (Å²) in [6.45, 7) is 0.713. The minimum atomic E-state index is 0.00177. The molecule has 0 atom stereocenters. The standard InChI is InChI=1S/C13H14INO2/c1-15-11-4-2-5-12(17-9-3-8-14)10(11)6-7-13(15)16/h2,4-7H,3,8-9H2,1H3. The van der Waals surface area contributed by atoms with Crippen molar-refractivity contribution in [3.05, 3.63) is 40.7 Å². The highest BCUT2D eigenvalue weighted by Gasteiger charge is 2.04. The number of aryl methyl sites for hydroxylation is 1. The summed E-state index contributed by atoms with van der Waals surface area (Å²) < 4.78 is 8.46. The predicted molar refractivity (Wildman–Crippen MR) is 78.2 cm³/mol. The molecule has 1 aromatic heterocycles. The minimum absolute atomic E-state index is 0.00177. The molecular formula is C13H14INO2. The van der Waals surface area contributed by atoms with E-state index >= 15 is 0 Å². The van der Waals surface area contributed by atoms with Crippen LogP contribution in [-0.4, -0.2) is 15.6 Å². The van der Waals surface area contributed by atoms with E-state index in [-0.39, 0.29) is 5.56 Å². The number of aromatic nitrogens is 1. The zero-order valence-electron chi connectivity index (χ0n) is 9.65. The highest BCUT2D eigenvalue weighted by atomic mass is 127. The monoisotopic (exact) mass is 343 g/mol. The molecule has 4 heteroatoms. The lowest BCUT2D eigenvalue weighted by molar-refractivity contribution is 0.323. The third kappa shape index (κ3) is 2.62. The van der Waals surface area contributed by atoms with Gasteiger partial charge in [-0.3, -0.25) is 4.79 Å². The Kier molecular flexibility index (Phi) is 4.04. The number of fused-ring (bicyclic) bond motifs is 1. The van der Waals surface area contributed by atoms with E-state index < -0.39 is 0 Å². The van der Waals surface area contributed by atoms with Crippen LogP contribution < -0.4 is 10.3 Å². The minimum Gasteiger partial charge on any atom is -0.493 e. The maximum Gasteiger partial charge on any atom is 0.250 e. The molecule has 0 bridgehead atoms. The van der Waals surface area contributed by atoms with Crippen LogP contribution in [0.25, 0.3) is 10.9 Å². The van der Waals surface area contributed by atoms with Crippen LogP contribution in [0.4, 0.5) is 0 Å². The first kappa shape index (κ1) is 12.4. The normalized spacial score (nSPS) is 10.7. The SMILES string of the molecule is Cn1c(=O)ccc2c(OCCCI)cccc21. The molecule has 3 nitrogen and oxygen atoms in total. The van der Waals surface area contributed by atoms with E-state index in [1.807, 2.05) is 24.3 Å². The lowest BCUT2D eigenvalue weighted by Crippen LogP contribution is -2.15. The third-order valence-corrected chi connectivity index (χ3v) is 3.43.